The first-order valence-electron chi connectivity index (χ1n) is 9.54. The first-order valence-corrected chi connectivity index (χ1v) is 9.54. The van der Waals surface area contributed by atoms with Crippen molar-refractivity contribution in [3.63, 3.8) is 0 Å². The van der Waals surface area contributed by atoms with Crippen LogP contribution in [0.5, 0.6) is 0 Å². The van der Waals surface area contributed by atoms with E-state index in [4.69, 9.17) is 4.42 Å². The quantitative estimate of drug-likeness (QED) is 0.747. The normalized spacial score (nSPS) is 14.1. The van der Waals surface area contributed by atoms with Gasteiger partial charge in [-0.25, -0.2) is 4.98 Å². The minimum absolute atomic E-state index is 0.0143. The van der Waals surface area contributed by atoms with Crippen molar-refractivity contribution in [1.29, 1.82) is 0 Å². The Morgan fingerprint density at radius 1 is 1.19 bits per heavy atom. The smallest absolute Gasteiger partial charge is 0.224 e. The molecule has 3 aromatic rings. The number of amides is 1. The van der Waals surface area contributed by atoms with Crippen molar-refractivity contribution in [2.75, 3.05) is 18.0 Å². The summed E-state index contributed by atoms with van der Waals surface area (Å²) in [7, 11) is 0. The highest BCUT2D eigenvalue weighted by molar-refractivity contribution is 5.88. The summed E-state index contributed by atoms with van der Waals surface area (Å²) in [6.45, 7) is 6.79. The lowest BCUT2D eigenvalue weighted by Crippen LogP contribution is -2.24. The molecule has 1 aromatic carbocycles. The van der Waals surface area contributed by atoms with Crippen LogP contribution in [0.3, 0.4) is 0 Å². The highest BCUT2D eigenvalue weighted by atomic mass is 16.3. The molecule has 0 atom stereocenters. The van der Waals surface area contributed by atoms with Gasteiger partial charge in [0.25, 0.3) is 0 Å². The van der Waals surface area contributed by atoms with E-state index in [1.807, 2.05) is 24.4 Å². The lowest BCUT2D eigenvalue weighted by Gasteiger charge is -2.16. The molecule has 0 unspecified atom stereocenters. The Balaban J connectivity index is 1.36. The molecule has 5 heteroatoms. The summed E-state index contributed by atoms with van der Waals surface area (Å²) in [6, 6.07) is 8.21. The summed E-state index contributed by atoms with van der Waals surface area (Å²) in [4.78, 5) is 19.2. The van der Waals surface area contributed by atoms with Gasteiger partial charge in [-0.1, -0.05) is 6.07 Å². The number of aromatic nitrogens is 1. The molecule has 1 fully saturated rings. The molecule has 0 saturated carbocycles. The largest absolute Gasteiger partial charge is 0.464 e. The number of rotatable bonds is 5. The van der Waals surface area contributed by atoms with Gasteiger partial charge < -0.3 is 14.6 Å². The van der Waals surface area contributed by atoms with E-state index < -0.39 is 0 Å². The maximum atomic E-state index is 12.4. The Kier molecular flexibility index (Phi) is 4.84. The van der Waals surface area contributed by atoms with Crippen LogP contribution in [0.4, 0.5) is 5.82 Å². The summed E-state index contributed by atoms with van der Waals surface area (Å²) in [5, 5.41) is 4.00. The average Bonchev–Trinajstić information content (AvgIpc) is 3.32. The van der Waals surface area contributed by atoms with Crippen LogP contribution in [0, 0.1) is 13.8 Å². The minimum atomic E-state index is -0.0143. The predicted molar refractivity (Wildman–Crippen MR) is 107 cm³/mol. The molecular weight excluding hydrogens is 338 g/mol. The number of hydrogen-bond donors (Lipinski definition) is 1. The van der Waals surface area contributed by atoms with Gasteiger partial charge in [-0.2, -0.15) is 0 Å². The molecule has 2 aromatic heterocycles. The molecule has 4 rings (SSSR count). The van der Waals surface area contributed by atoms with Gasteiger partial charge in [-0.15, -0.1) is 0 Å². The number of aryl methyl sites for hydroxylation is 2. The van der Waals surface area contributed by atoms with E-state index in [1.54, 1.807) is 6.26 Å². The van der Waals surface area contributed by atoms with Gasteiger partial charge in [-0.3, -0.25) is 4.79 Å². The molecule has 1 aliphatic heterocycles. The van der Waals surface area contributed by atoms with Crippen molar-refractivity contribution in [2.24, 2.45) is 0 Å². The number of carbonyl (C=O) groups excluding carboxylic acids is 1. The van der Waals surface area contributed by atoms with Crippen molar-refractivity contribution in [1.82, 2.24) is 10.3 Å². The van der Waals surface area contributed by atoms with Gasteiger partial charge in [0.15, 0.2) is 0 Å². The number of anilines is 1. The van der Waals surface area contributed by atoms with Crippen LogP contribution in [0.25, 0.3) is 11.0 Å². The second kappa shape index (κ2) is 7.43. The Bertz CT molecular complexity index is 954. The van der Waals surface area contributed by atoms with E-state index in [0.29, 0.717) is 13.0 Å². The molecule has 1 aliphatic rings. The van der Waals surface area contributed by atoms with E-state index in [0.717, 1.165) is 41.0 Å². The lowest BCUT2D eigenvalue weighted by molar-refractivity contribution is -0.120. The van der Waals surface area contributed by atoms with Crippen LogP contribution in [-0.2, 0) is 17.8 Å². The number of nitrogens with zero attached hydrogens (tertiary/aromatic N) is 2. The van der Waals surface area contributed by atoms with Crippen LogP contribution in [0.1, 0.15) is 35.1 Å². The molecule has 1 saturated heterocycles. The van der Waals surface area contributed by atoms with E-state index >= 15 is 0 Å². The van der Waals surface area contributed by atoms with Gasteiger partial charge >= 0.3 is 0 Å². The number of fused-ring (bicyclic) bond motifs is 1. The average molecular weight is 363 g/mol. The van der Waals surface area contributed by atoms with E-state index in [1.165, 1.54) is 24.0 Å². The number of hydrogen-bond acceptors (Lipinski definition) is 4. The highest BCUT2D eigenvalue weighted by Gasteiger charge is 2.14. The predicted octanol–water partition coefficient (Wildman–Crippen LogP) is 3.90. The molecule has 0 bridgehead atoms. The second-order valence-corrected chi connectivity index (χ2v) is 7.37. The van der Waals surface area contributed by atoms with E-state index in [2.05, 4.69) is 35.1 Å². The van der Waals surface area contributed by atoms with Crippen molar-refractivity contribution < 1.29 is 9.21 Å². The minimum Gasteiger partial charge on any atom is -0.464 e. The summed E-state index contributed by atoms with van der Waals surface area (Å²) in [5.41, 5.74) is 5.16. The molecule has 27 heavy (non-hydrogen) atoms. The maximum absolute atomic E-state index is 12.4. The molecule has 140 valence electrons. The summed E-state index contributed by atoms with van der Waals surface area (Å²) >= 11 is 0. The molecule has 0 radical (unpaired) electrons. The summed E-state index contributed by atoms with van der Waals surface area (Å²) in [5.74, 6) is 1.01. The van der Waals surface area contributed by atoms with Crippen molar-refractivity contribution >= 4 is 22.7 Å². The number of furan rings is 1. The Labute approximate surface area is 159 Å². The van der Waals surface area contributed by atoms with Crippen LogP contribution in [-0.4, -0.2) is 24.0 Å². The van der Waals surface area contributed by atoms with Gasteiger partial charge in [0, 0.05) is 36.8 Å². The number of benzene rings is 1. The SMILES string of the molecule is Cc1cc2occ(CC(=O)NCc3ccc(N4CCCC4)nc3)c2cc1C. The highest BCUT2D eigenvalue weighted by Crippen LogP contribution is 2.25. The van der Waals surface area contributed by atoms with Gasteiger partial charge in [0.05, 0.1) is 12.7 Å². The molecule has 0 aliphatic carbocycles. The number of carbonyl (C=O) groups is 1. The molecule has 1 amide bonds. The zero-order valence-electron chi connectivity index (χ0n) is 15.9. The van der Waals surface area contributed by atoms with Crippen LogP contribution < -0.4 is 10.2 Å². The fourth-order valence-corrected chi connectivity index (χ4v) is 3.56. The second-order valence-electron chi connectivity index (χ2n) is 7.37. The third kappa shape index (κ3) is 3.82. The van der Waals surface area contributed by atoms with Gasteiger partial charge in [0.1, 0.15) is 11.4 Å². The van der Waals surface area contributed by atoms with Crippen LogP contribution in [0.15, 0.2) is 41.1 Å². The summed E-state index contributed by atoms with van der Waals surface area (Å²) < 4.78 is 5.62. The first kappa shape index (κ1) is 17.6. The molecule has 5 nitrogen and oxygen atoms in total. The standard InChI is InChI=1S/C22H25N3O2/c1-15-9-19-18(14-27-20(19)10-16(15)2)11-22(26)24-13-17-5-6-21(23-12-17)25-7-3-4-8-25/h5-6,9-10,12,14H,3-4,7-8,11,13H2,1-2H3,(H,24,26). The Morgan fingerprint density at radius 3 is 2.70 bits per heavy atom. The summed E-state index contributed by atoms with van der Waals surface area (Å²) in [6.07, 6.45) is 6.33. The van der Waals surface area contributed by atoms with Gasteiger partial charge in [-0.05, 0) is 61.6 Å². The maximum Gasteiger partial charge on any atom is 0.224 e. The lowest BCUT2D eigenvalue weighted by atomic mass is 10.0. The van der Waals surface area contributed by atoms with Crippen molar-refractivity contribution in [2.45, 2.75) is 39.7 Å². The first-order chi connectivity index (χ1) is 13.1. The Hall–Kier alpha value is -2.82. The Morgan fingerprint density at radius 2 is 1.96 bits per heavy atom. The fourth-order valence-electron chi connectivity index (χ4n) is 3.56. The third-order valence-corrected chi connectivity index (χ3v) is 5.35. The molecule has 3 heterocycles. The van der Waals surface area contributed by atoms with Crippen molar-refractivity contribution in [3.8, 4) is 0 Å². The zero-order chi connectivity index (χ0) is 18.8. The van der Waals surface area contributed by atoms with E-state index in [9.17, 15) is 4.79 Å². The monoisotopic (exact) mass is 363 g/mol. The zero-order valence-corrected chi connectivity index (χ0v) is 15.9. The molecule has 1 N–H and O–H groups in total. The fraction of sp³-hybridized carbons (Fsp3) is 0.364. The van der Waals surface area contributed by atoms with Crippen LogP contribution >= 0.6 is 0 Å². The third-order valence-electron chi connectivity index (χ3n) is 5.35. The topological polar surface area (TPSA) is 58.4 Å². The number of pyridine rings is 1. The van der Waals surface area contributed by atoms with Crippen LogP contribution in [0.2, 0.25) is 0 Å². The van der Waals surface area contributed by atoms with E-state index in [-0.39, 0.29) is 5.91 Å². The molecular formula is C22H25N3O2. The van der Waals surface area contributed by atoms with Gasteiger partial charge in [0.2, 0.25) is 5.91 Å². The molecule has 0 spiro atoms. The number of nitrogens with one attached hydrogen (secondary N) is 1. The van der Waals surface area contributed by atoms with Crippen molar-refractivity contribution in [3.05, 3.63) is 59.0 Å².